The van der Waals surface area contributed by atoms with Crippen molar-refractivity contribution in [3.8, 4) is 0 Å². The Morgan fingerprint density at radius 2 is 2.33 bits per heavy atom. The molecule has 0 radical (unpaired) electrons. The van der Waals surface area contributed by atoms with Crippen molar-refractivity contribution in [1.82, 2.24) is 0 Å². The van der Waals surface area contributed by atoms with Gasteiger partial charge in [-0.15, -0.1) is 0 Å². The second-order valence-corrected chi connectivity index (χ2v) is 1.89. The molecule has 0 aromatic heterocycles. The van der Waals surface area contributed by atoms with Crippen molar-refractivity contribution in [3.63, 3.8) is 0 Å². The van der Waals surface area contributed by atoms with Crippen LogP contribution in [0.2, 0.25) is 0 Å². The molecule has 0 aliphatic rings. The predicted molar refractivity (Wildman–Crippen MR) is 42.7 cm³/mol. The molecule has 0 aromatic carbocycles. The number of allylic oxidation sites excluding steroid dienone is 3. The van der Waals surface area contributed by atoms with Crippen LogP contribution in [0.5, 0.6) is 0 Å². The molecule has 0 N–H and O–H groups in total. The second-order valence-electron chi connectivity index (χ2n) is 1.89. The molecule has 0 aliphatic carbocycles. The van der Waals surface area contributed by atoms with Gasteiger partial charge < -0.3 is 0 Å². The summed E-state index contributed by atoms with van der Waals surface area (Å²) in [7, 11) is 0. The summed E-state index contributed by atoms with van der Waals surface area (Å²) in [5.41, 5.74) is 1.36. The number of rotatable bonds is 3. The van der Waals surface area contributed by atoms with E-state index in [0.29, 0.717) is 0 Å². The number of hydrogen-bond donors (Lipinski definition) is 0. The van der Waals surface area contributed by atoms with Gasteiger partial charge in [0.05, 0.1) is 0 Å². The van der Waals surface area contributed by atoms with E-state index in [2.05, 4.69) is 25.6 Å². The first-order chi connectivity index (χ1) is 4.31. The normalized spacial score (nSPS) is 12.4. The van der Waals surface area contributed by atoms with Crippen LogP contribution < -0.4 is 0 Å². The average Bonchev–Trinajstić information content (AvgIpc) is 1.89. The van der Waals surface area contributed by atoms with Gasteiger partial charge in [-0.05, 0) is 26.1 Å². The third kappa shape index (κ3) is 5.01. The minimum Gasteiger partial charge on any atom is -0.273 e. The van der Waals surface area contributed by atoms with Gasteiger partial charge in [0.15, 0.2) is 0 Å². The van der Waals surface area contributed by atoms with Crippen LogP contribution in [0.25, 0.3) is 0 Å². The lowest BCUT2D eigenvalue weighted by Gasteiger charge is -1.87. The molecule has 0 heterocycles. The summed E-state index contributed by atoms with van der Waals surface area (Å²) in [6.45, 7) is 7.53. The Labute approximate surface area is 56.8 Å². The molecule has 9 heavy (non-hydrogen) atoms. The van der Waals surface area contributed by atoms with Crippen LogP contribution in [0.15, 0.2) is 28.9 Å². The number of nitrogens with zero attached hydrogens (tertiary/aromatic N) is 1. The lowest BCUT2D eigenvalue weighted by Crippen LogP contribution is -1.66. The van der Waals surface area contributed by atoms with Crippen LogP contribution in [0.3, 0.4) is 0 Å². The van der Waals surface area contributed by atoms with Crippen molar-refractivity contribution < 1.29 is 0 Å². The summed E-state index contributed by atoms with van der Waals surface area (Å²) in [5, 5.41) is 0. The van der Waals surface area contributed by atoms with Crippen molar-refractivity contribution >= 4 is 6.72 Å². The fourth-order valence-corrected chi connectivity index (χ4v) is 0.386. The Balaban J connectivity index is 3.67. The van der Waals surface area contributed by atoms with E-state index in [-0.39, 0.29) is 0 Å². The average molecular weight is 123 g/mol. The first-order valence-corrected chi connectivity index (χ1v) is 3.09. The monoisotopic (exact) mass is 123 g/mol. The molecule has 0 bridgehead atoms. The molecule has 1 heteroatoms. The molecule has 0 spiro atoms. The minimum absolute atomic E-state index is 1.10. The van der Waals surface area contributed by atoms with Crippen molar-refractivity contribution in [2.45, 2.75) is 20.3 Å². The number of hydrogen-bond acceptors (Lipinski definition) is 1. The van der Waals surface area contributed by atoms with Crippen LogP contribution in [0.1, 0.15) is 20.3 Å². The summed E-state index contributed by atoms with van der Waals surface area (Å²) in [6.07, 6.45) is 6.71. The lowest BCUT2D eigenvalue weighted by molar-refractivity contribution is 1.10. The third-order valence-electron chi connectivity index (χ3n) is 1.13. The molecular weight excluding hydrogens is 110 g/mol. The smallest absolute Gasteiger partial charge is 0.0260 e. The molecule has 0 saturated carbocycles. The van der Waals surface area contributed by atoms with E-state index in [0.717, 1.165) is 6.42 Å². The molecule has 0 amide bonds. The van der Waals surface area contributed by atoms with Crippen LogP contribution >= 0.6 is 0 Å². The van der Waals surface area contributed by atoms with Gasteiger partial charge in [0.25, 0.3) is 0 Å². The van der Waals surface area contributed by atoms with Crippen molar-refractivity contribution in [2.75, 3.05) is 0 Å². The Morgan fingerprint density at radius 1 is 1.67 bits per heavy atom. The maximum atomic E-state index is 3.57. The van der Waals surface area contributed by atoms with Gasteiger partial charge in [-0.1, -0.05) is 18.6 Å². The fourth-order valence-electron chi connectivity index (χ4n) is 0.386. The largest absolute Gasteiger partial charge is 0.273 e. The predicted octanol–water partition coefficient (Wildman–Crippen LogP) is 2.56. The topological polar surface area (TPSA) is 12.4 Å². The minimum atomic E-state index is 1.10. The standard InChI is InChI=1S/C8H13N/c1-4-8(2)6-5-7-9-3/h5-7H,3-4H2,1-2H3/b7-5-,8-6-. The molecule has 0 atom stereocenters. The molecule has 0 unspecified atom stereocenters. The SMILES string of the molecule is C=N/C=C\C=C(\C)CC. The second kappa shape index (κ2) is 5.29. The van der Waals surface area contributed by atoms with E-state index in [1.165, 1.54) is 5.57 Å². The Morgan fingerprint density at radius 3 is 2.78 bits per heavy atom. The zero-order chi connectivity index (χ0) is 7.11. The van der Waals surface area contributed by atoms with Gasteiger partial charge >= 0.3 is 0 Å². The highest BCUT2D eigenvalue weighted by Crippen LogP contribution is 1.96. The Bertz CT molecular complexity index is 132. The Kier molecular flexibility index (Phi) is 4.79. The van der Waals surface area contributed by atoms with Crippen molar-refractivity contribution in [1.29, 1.82) is 0 Å². The van der Waals surface area contributed by atoms with Crippen molar-refractivity contribution in [2.24, 2.45) is 4.99 Å². The summed E-state index contributed by atoms with van der Waals surface area (Å²) < 4.78 is 0. The van der Waals surface area contributed by atoms with E-state index < -0.39 is 0 Å². The molecule has 0 rings (SSSR count). The fraction of sp³-hybridized carbons (Fsp3) is 0.375. The highest BCUT2D eigenvalue weighted by Gasteiger charge is 1.76. The molecule has 0 saturated heterocycles. The van der Waals surface area contributed by atoms with E-state index in [4.69, 9.17) is 0 Å². The van der Waals surface area contributed by atoms with E-state index in [1.54, 1.807) is 6.20 Å². The zero-order valence-electron chi connectivity index (χ0n) is 6.09. The molecule has 50 valence electrons. The Hall–Kier alpha value is -0.850. The first-order valence-electron chi connectivity index (χ1n) is 3.09. The van der Waals surface area contributed by atoms with Gasteiger partial charge in [0, 0.05) is 6.20 Å². The zero-order valence-corrected chi connectivity index (χ0v) is 6.09. The quantitative estimate of drug-likeness (QED) is 0.404. The van der Waals surface area contributed by atoms with Crippen molar-refractivity contribution in [3.05, 3.63) is 23.9 Å². The summed E-state index contributed by atoms with van der Waals surface area (Å²) in [5.74, 6) is 0. The van der Waals surface area contributed by atoms with Crippen LogP contribution in [-0.2, 0) is 0 Å². The molecule has 1 nitrogen and oxygen atoms in total. The molecule has 0 fully saturated rings. The highest BCUT2D eigenvalue weighted by molar-refractivity contribution is 5.26. The maximum absolute atomic E-state index is 3.57. The summed E-state index contributed by atoms with van der Waals surface area (Å²) in [6, 6.07) is 0. The summed E-state index contributed by atoms with van der Waals surface area (Å²) in [4.78, 5) is 3.57. The van der Waals surface area contributed by atoms with E-state index >= 15 is 0 Å². The summed E-state index contributed by atoms with van der Waals surface area (Å²) >= 11 is 0. The van der Waals surface area contributed by atoms with E-state index in [9.17, 15) is 0 Å². The van der Waals surface area contributed by atoms with E-state index in [1.807, 2.05) is 12.2 Å². The lowest BCUT2D eigenvalue weighted by atomic mass is 10.2. The van der Waals surface area contributed by atoms with Crippen LogP contribution in [0, 0.1) is 0 Å². The third-order valence-corrected chi connectivity index (χ3v) is 1.13. The highest BCUT2D eigenvalue weighted by atomic mass is 14.6. The molecular formula is C8H13N. The molecule has 0 aromatic rings. The number of aliphatic imine (C=N–C) groups is 1. The van der Waals surface area contributed by atoms with Crippen LogP contribution in [0.4, 0.5) is 0 Å². The maximum Gasteiger partial charge on any atom is 0.0260 e. The molecule has 0 aliphatic heterocycles. The van der Waals surface area contributed by atoms with Gasteiger partial charge in [-0.3, -0.25) is 4.99 Å². The first kappa shape index (κ1) is 8.15. The van der Waals surface area contributed by atoms with Crippen LogP contribution in [-0.4, -0.2) is 6.72 Å². The van der Waals surface area contributed by atoms with Gasteiger partial charge in [-0.2, -0.15) is 0 Å². The van der Waals surface area contributed by atoms with Gasteiger partial charge in [0.1, 0.15) is 0 Å². The van der Waals surface area contributed by atoms with Gasteiger partial charge in [0.2, 0.25) is 0 Å². The van der Waals surface area contributed by atoms with Gasteiger partial charge in [-0.25, -0.2) is 0 Å².